The highest BCUT2D eigenvalue weighted by Gasteiger charge is 2.09. The Morgan fingerprint density at radius 2 is 2.31 bits per heavy atom. The fourth-order valence-electron chi connectivity index (χ4n) is 1.54. The summed E-state index contributed by atoms with van der Waals surface area (Å²) < 4.78 is 7.93. The largest absolute Gasteiger partial charge is 0.356 e. The number of fused-ring (bicyclic) bond motifs is 1. The fourth-order valence-corrected chi connectivity index (χ4v) is 1.90. The molecule has 0 saturated carbocycles. The van der Waals surface area contributed by atoms with E-state index in [-0.39, 0.29) is 0 Å². The van der Waals surface area contributed by atoms with Crippen molar-refractivity contribution in [3.63, 3.8) is 0 Å². The van der Waals surface area contributed by atoms with Gasteiger partial charge in [0.15, 0.2) is 5.58 Å². The molecule has 0 aliphatic carbocycles. The summed E-state index contributed by atoms with van der Waals surface area (Å²) in [6.45, 7) is 0.559. The number of hydrogen-bond acceptors (Lipinski definition) is 4. The molecule has 0 amide bonds. The maximum Gasteiger partial charge on any atom is 0.167 e. The van der Waals surface area contributed by atoms with Crippen LogP contribution in [-0.4, -0.2) is 19.9 Å². The molecule has 0 atom stereocenters. The van der Waals surface area contributed by atoms with Gasteiger partial charge in [-0.3, -0.25) is 0 Å². The Balaban J connectivity index is 2.07. The van der Waals surface area contributed by atoms with Crippen molar-refractivity contribution in [1.82, 2.24) is 19.9 Å². The molecular formula is C10H7BrN4O. The third kappa shape index (κ3) is 1.61. The number of nitrogens with zero attached hydrogens (tertiary/aromatic N) is 4. The van der Waals surface area contributed by atoms with Crippen LogP contribution in [0.3, 0.4) is 0 Å². The van der Waals surface area contributed by atoms with Gasteiger partial charge in [0.2, 0.25) is 0 Å². The van der Waals surface area contributed by atoms with Gasteiger partial charge >= 0.3 is 0 Å². The molecule has 0 aliphatic rings. The molecular weight excluding hydrogens is 272 g/mol. The Morgan fingerprint density at radius 3 is 3.12 bits per heavy atom. The topological polar surface area (TPSA) is 56.7 Å². The van der Waals surface area contributed by atoms with Crippen LogP contribution in [0.5, 0.6) is 0 Å². The van der Waals surface area contributed by atoms with E-state index < -0.39 is 0 Å². The highest BCUT2D eigenvalue weighted by atomic mass is 79.9. The third-order valence-corrected chi connectivity index (χ3v) is 2.78. The van der Waals surface area contributed by atoms with E-state index in [2.05, 4.69) is 31.2 Å². The van der Waals surface area contributed by atoms with Crippen LogP contribution in [0.2, 0.25) is 0 Å². The smallest absolute Gasteiger partial charge is 0.167 e. The minimum Gasteiger partial charge on any atom is -0.356 e. The van der Waals surface area contributed by atoms with Gasteiger partial charge in [0.25, 0.3) is 0 Å². The molecule has 0 radical (unpaired) electrons. The second-order valence-corrected chi connectivity index (χ2v) is 4.28. The third-order valence-electron chi connectivity index (χ3n) is 2.29. The van der Waals surface area contributed by atoms with E-state index >= 15 is 0 Å². The summed E-state index contributed by atoms with van der Waals surface area (Å²) in [7, 11) is 0. The van der Waals surface area contributed by atoms with Gasteiger partial charge in [0, 0.05) is 9.86 Å². The minimum atomic E-state index is 0.559. The summed E-state index contributed by atoms with van der Waals surface area (Å²) in [5.41, 5.74) is 1.63. The Labute approximate surface area is 99.2 Å². The Morgan fingerprint density at radius 1 is 1.38 bits per heavy atom. The van der Waals surface area contributed by atoms with Crippen molar-refractivity contribution in [3.8, 4) is 0 Å². The molecule has 1 aromatic carbocycles. The van der Waals surface area contributed by atoms with Crippen molar-refractivity contribution in [2.45, 2.75) is 6.54 Å². The molecule has 16 heavy (non-hydrogen) atoms. The van der Waals surface area contributed by atoms with Crippen molar-refractivity contribution >= 4 is 26.9 Å². The lowest BCUT2D eigenvalue weighted by molar-refractivity contribution is 0.440. The fraction of sp³-hybridized carbons (Fsp3) is 0.100. The lowest BCUT2D eigenvalue weighted by atomic mass is 10.2. The molecule has 2 heterocycles. The lowest BCUT2D eigenvalue weighted by Crippen LogP contribution is -2.00. The summed E-state index contributed by atoms with van der Waals surface area (Å²) >= 11 is 3.42. The van der Waals surface area contributed by atoms with Gasteiger partial charge in [-0.05, 0) is 18.2 Å². The number of benzene rings is 1. The molecule has 0 aliphatic heterocycles. The Bertz CT molecular complexity index is 617. The van der Waals surface area contributed by atoms with E-state index in [1.165, 1.54) is 6.33 Å². The molecule has 0 N–H and O–H groups in total. The maximum absolute atomic E-state index is 5.22. The average Bonchev–Trinajstić information content (AvgIpc) is 2.90. The van der Waals surface area contributed by atoms with Gasteiger partial charge in [0.1, 0.15) is 18.3 Å². The summed E-state index contributed by atoms with van der Waals surface area (Å²) in [6, 6.07) is 5.79. The molecule has 6 heteroatoms. The predicted octanol–water partition coefficient (Wildman–Crippen LogP) is 2.23. The van der Waals surface area contributed by atoms with Crippen LogP contribution in [0.15, 0.2) is 39.8 Å². The number of aromatic nitrogens is 4. The number of halogens is 1. The van der Waals surface area contributed by atoms with Crippen LogP contribution >= 0.6 is 15.9 Å². The average molecular weight is 279 g/mol. The Hall–Kier alpha value is -1.69. The summed E-state index contributed by atoms with van der Waals surface area (Å²) in [5.74, 6) is 0. The molecule has 0 spiro atoms. The first kappa shape index (κ1) is 9.53. The standard InChI is InChI=1S/C10H7BrN4O/c11-7-1-2-10-8(3-7)9(14-16-10)4-15-6-12-5-13-15/h1-3,5-6H,4H2. The maximum atomic E-state index is 5.22. The van der Waals surface area contributed by atoms with E-state index in [1.807, 2.05) is 18.2 Å². The van der Waals surface area contributed by atoms with Crippen LogP contribution in [-0.2, 0) is 6.54 Å². The van der Waals surface area contributed by atoms with E-state index in [9.17, 15) is 0 Å². The minimum absolute atomic E-state index is 0.559. The Kier molecular flexibility index (Phi) is 2.21. The molecule has 3 aromatic rings. The van der Waals surface area contributed by atoms with Crippen molar-refractivity contribution < 1.29 is 4.52 Å². The molecule has 3 rings (SSSR count). The summed E-state index contributed by atoms with van der Waals surface area (Å²) in [6.07, 6.45) is 3.15. The molecule has 2 aromatic heterocycles. The first-order valence-corrected chi connectivity index (χ1v) is 5.48. The molecule has 0 saturated heterocycles. The van der Waals surface area contributed by atoms with Gasteiger partial charge in [-0.1, -0.05) is 21.1 Å². The summed E-state index contributed by atoms with van der Waals surface area (Å²) in [4.78, 5) is 3.88. The van der Waals surface area contributed by atoms with Crippen LogP contribution in [0.1, 0.15) is 5.69 Å². The molecule has 80 valence electrons. The van der Waals surface area contributed by atoms with Crippen LogP contribution in [0.4, 0.5) is 0 Å². The zero-order valence-corrected chi connectivity index (χ0v) is 9.75. The van der Waals surface area contributed by atoms with Gasteiger partial charge in [-0.2, -0.15) is 5.10 Å². The monoisotopic (exact) mass is 278 g/mol. The molecule has 0 bridgehead atoms. The van der Waals surface area contributed by atoms with Crippen LogP contribution < -0.4 is 0 Å². The zero-order valence-electron chi connectivity index (χ0n) is 8.17. The quantitative estimate of drug-likeness (QED) is 0.721. The van der Waals surface area contributed by atoms with E-state index in [4.69, 9.17) is 4.52 Å². The lowest BCUT2D eigenvalue weighted by Gasteiger charge is -1.96. The van der Waals surface area contributed by atoms with E-state index in [0.717, 1.165) is 21.1 Å². The molecule has 0 fully saturated rings. The van der Waals surface area contributed by atoms with Gasteiger partial charge in [0.05, 0.1) is 6.54 Å². The highest BCUT2D eigenvalue weighted by Crippen LogP contribution is 2.23. The molecule has 0 unspecified atom stereocenters. The van der Waals surface area contributed by atoms with Gasteiger partial charge < -0.3 is 4.52 Å². The second kappa shape index (κ2) is 3.71. The zero-order chi connectivity index (χ0) is 11.0. The van der Waals surface area contributed by atoms with Crippen molar-refractivity contribution in [2.24, 2.45) is 0 Å². The highest BCUT2D eigenvalue weighted by molar-refractivity contribution is 9.10. The van der Waals surface area contributed by atoms with Crippen molar-refractivity contribution in [2.75, 3.05) is 0 Å². The predicted molar refractivity (Wildman–Crippen MR) is 60.8 cm³/mol. The van der Waals surface area contributed by atoms with E-state index in [1.54, 1.807) is 11.0 Å². The second-order valence-electron chi connectivity index (χ2n) is 3.36. The van der Waals surface area contributed by atoms with Crippen LogP contribution in [0, 0.1) is 0 Å². The SMILES string of the molecule is Brc1ccc2onc(Cn3cncn3)c2c1. The van der Waals surface area contributed by atoms with Crippen molar-refractivity contribution in [3.05, 3.63) is 41.0 Å². The number of hydrogen-bond donors (Lipinski definition) is 0. The van der Waals surface area contributed by atoms with E-state index in [0.29, 0.717) is 6.54 Å². The van der Waals surface area contributed by atoms with Crippen LogP contribution in [0.25, 0.3) is 11.0 Å². The molecule has 5 nitrogen and oxygen atoms in total. The normalized spacial score (nSPS) is 11.1. The van der Waals surface area contributed by atoms with Gasteiger partial charge in [-0.25, -0.2) is 9.67 Å². The van der Waals surface area contributed by atoms with Crippen molar-refractivity contribution in [1.29, 1.82) is 0 Å². The first-order valence-electron chi connectivity index (χ1n) is 4.69. The summed E-state index contributed by atoms with van der Waals surface area (Å²) in [5, 5.41) is 9.05. The van der Waals surface area contributed by atoms with Gasteiger partial charge in [-0.15, -0.1) is 0 Å². The first-order chi connectivity index (χ1) is 7.83. The number of rotatable bonds is 2.